The van der Waals surface area contributed by atoms with Crippen LogP contribution in [0.15, 0.2) is 79.1 Å². The van der Waals surface area contributed by atoms with E-state index in [0.717, 1.165) is 11.1 Å². The molecule has 3 heterocycles. The number of anilines is 1. The Morgan fingerprint density at radius 2 is 1.74 bits per heavy atom. The highest BCUT2D eigenvalue weighted by atomic mass is 19.1. The molecule has 2 amide bonds. The molecule has 1 aliphatic heterocycles. The number of alkyl carbamates (subject to hydrolysis) is 1. The number of nitrogens with one attached hydrogen (secondary N) is 2. The van der Waals surface area contributed by atoms with Gasteiger partial charge in [-0.05, 0) is 55.3 Å². The fourth-order valence-corrected chi connectivity index (χ4v) is 4.75. The molecule has 1 saturated heterocycles. The van der Waals surface area contributed by atoms with Gasteiger partial charge < -0.3 is 24.5 Å². The Bertz CT molecular complexity index is 1470. The lowest BCUT2D eigenvalue weighted by Crippen LogP contribution is -2.58. The van der Waals surface area contributed by atoms with Crippen LogP contribution in [0.25, 0.3) is 22.5 Å². The second-order valence-electron chi connectivity index (χ2n) is 10.2. The number of nitrogens with zero attached hydrogens (tertiary/aromatic N) is 3. The van der Waals surface area contributed by atoms with Crippen LogP contribution in [-0.4, -0.2) is 59.0 Å². The molecule has 5 rings (SSSR count). The first-order valence-corrected chi connectivity index (χ1v) is 13.6. The summed E-state index contributed by atoms with van der Waals surface area (Å²) < 4.78 is 30.2. The first kappa shape index (κ1) is 28.9. The number of carbonyl (C=O) groups excluding carboxylic acids is 2. The standard InChI is InChI=1S/C31H32FN5O5/c1-31(19-40-21-41-20-31)37(26(38)8-5-15-34-30(39)42-18-22-6-3-2-4-7-22)29-35-27(23-9-11-25(32)12-10-23)28(36-29)24-13-16-33-17-14-24/h2-4,6-7,9-14,16-17H,5,8,15,18-21H2,1H3,(H,34,39)(H,35,36). The van der Waals surface area contributed by atoms with E-state index in [-0.39, 0.29) is 51.3 Å². The lowest BCUT2D eigenvalue weighted by molar-refractivity contribution is -0.141. The Morgan fingerprint density at radius 1 is 1.02 bits per heavy atom. The SMILES string of the molecule is CC1(N(C(=O)CCCNC(=O)OCc2ccccc2)c2nc(-c3ccc(F)cc3)c(-c3ccncc3)[nH]2)COCOC1. The van der Waals surface area contributed by atoms with E-state index in [0.29, 0.717) is 29.3 Å². The molecule has 2 aromatic heterocycles. The number of H-pyrrole nitrogens is 1. The summed E-state index contributed by atoms with van der Waals surface area (Å²) in [6.07, 6.45) is 3.26. The first-order valence-electron chi connectivity index (χ1n) is 13.6. The normalized spacial score (nSPS) is 14.2. The van der Waals surface area contributed by atoms with Crippen LogP contribution >= 0.6 is 0 Å². The van der Waals surface area contributed by atoms with Gasteiger partial charge >= 0.3 is 6.09 Å². The van der Waals surface area contributed by atoms with Crippen LogP contribution in [-0.2, 0) is 25.6 Å². The molecule has 0 bridgehead atoms. The number of hydrogen-bond acceptors (Lipinski definition) is 7. The summed E-state index contributed by atoms with van der Waals surface area (Å²) in [5.41, 5.74) is 2.71. The Morgan fingerprint density at radius 3 is 2.45 bits per heavy atom. The third-order valence-corrected chi connectivity index (χ3v) is 6.82. The van der Waals surface area contributed by atoms with Gasteiger partial charge in [-0.3, -0.25) is 14.7 Å². The van der Waals surface area contributed by atoms with Gasteiger partial charge in [0.25, 0.3) is 0 Å². The molecule has 0 saturated carbocycles. The lowest BCUT2D eigenvalue weighted by atomic mass is 10.0. The number of carbonyl (C=O) groups is 2. The molecule has 0 radical (unpaired) electrons. The van der Waals surface area contributed by atoms with Crippen molar-refractivity contribution in [3.05, 3.63) is 90.5 Å². The maximum atomic E-state index is 13.8. The van der Waals surface area contributed by atoms with E-state index in [9.17, 15) is 14.0 Å². The third kappa shape index (κ3) is 6.99. The number of halogens is 1. The van der Waals surface area contributed by atoms with Crippen molar-refractivity contribution in [2.24, 2.45) is 0 Å². The molecule has 1 aliphatic rings. The molecule has 0 aliphatic carbocycles. The number of hydrogen-bond donors (Lipinski definition) is 2. The van der Waals surface area contributed by atoms with Crippen molar-refractivity contribution in [1.29, 1.82) is 0 Å². The average Bonchev–Trinajstić information content (AvgIpc) is 3.44. The van der Waals surface area contributed by atoms with Crippen LogP contribution in [0, 0.1) is 5.82 Å². The van der Waals surface area contributed by atoms with Crippen LogP contribution < -0.4 is 10.2 Å². The minimum atomic E-state index is -0.856. The van der Waals surface area contributed by atoms with Crippen molar-refractivity contribution < 1.29 is 28.2 Å². The Hall–Kier alpha value is -4.61. The second-order valence-corrected chi connectivity index (χ2v) is 10.2. The Labute approximate surface area is 242 Å². The van der Waals surface area contributed by atoms with Crippen molar-refractivity contribution in [2.45, 2.75) is 31.9 Å². The van der Waals surface area contributed by atoms with Gasteiger partial charge in [0.05, 0.1) is 30.1 Å². The number of amides is 2. The lowest BCUT2D eigenvalue weighted by Gasteiger charge is -2.41. The van der Waals surface area contributed by atoms with Crippen LogP contribution in [0.5, 0.6) is 0 Å². The first-order chi connectivity index (χ1) is 20.4. The number of rotatable bonds is 10. The monoisotopic (exact) mass is 573 g/mol. The molecule has 218 valence electrons. The maximum Gasteiger partial charge on any atom is 0.407 e. The van der Waals surface area contributed by atoms with Gasteiger partial charge in [0.15, 0.2) is 0 Å². The maximum absolute atomic E-state index is 13.8. The summed E-state index contributed by atoms with van der Waals surface area (Å²) in [5, 5.41) is 2.70. The van der Waals surface area contributed by atoms with Gasteiger partial charge in [-0.2, -0.15) is 0 Å². The second kappa shape index (κ2) is 13.4. The van der Waals surface area contributed by atoms with Crippen molar-refractivity contribution in [3.63, 3.8) is 0 Å². The molecule has 11 heteroatoms. The smallest absolute Gasteiger partial charge is 0.407 e. The highest BCUT2D eigenvalue weighted by Crippen LogP contribution is 2.35. The molecule has 0 atom stereocenters. The van der Waals surface area contributed by atoms with Crippen molar-refractivity contribution in [3.8, 4) is 22.5 Å². The molecular weight excluding hydrogens is 541 g/mol. The Kier molecular flexibility index (Phi) is 9.20. The summed E-state index contributed by atoms with van der Waals surface area (Å²) in [4.78, 5) is 39.8. The quantitative estimate of drug-likeness (QED) is 0.254. The van der Waals surface area contributed by atoms with E-state index in [4.69, 9.17) is 19.2 Å². The average molecular weight is 574 g/mol. The van der Waals surface area contributed by atoms with E-state index in [1.165, 1.54) is 12.1 Å². The summed E-state index contributed by atoms with van der Waals surface area (Å²) in [7, 11) is 0. The van der Waals surface area contributed by atoms with Crippen LogP contribution in [0.1, 0.15) is 25.3 Å². The molecule has 0 unspecified atom stereocenters. The molecule has 10 nitrogen and oxygen atoms in total. The topological polar surface area (TPSA) is 119 Å². The number of aromatic nitrogens is 3. The predicted molar refractivity (Wildman–Crippen MR) is 154 cm³/mol. The van der Waals surface area contributed by atoms with Gasteiger partial charge in [0.2, 0.25) is 11.9 Å². The van der Waals surface area contributed by atoms with E-state index in [1.54, 1.807) is 29.4 Å². The molecule has 4 aromatic rings. The summed E-state index contributed by atoms with van der Waals surface area (Å²) >= 11 is 0. The molecular formula is C31H32FN5O5. The number of imidazole rings is 1. The fraction of sp³-hybridized carbons (Fsp3) is 0.290. The third-order valence-electron chi connectivity index (χ3n) is 6.82. The molecule has 2 aromatic carbocycles. The van der Waals surface area contributed by atoms with E-state index >= 15 is 0 Å². The molecule has 2 N–H and O–H groups in total. The highest BCUT2D eigenvalue weighted by molar-refractivity contribution is 5.94. The van der Waals surface area contributed by atoms with Gasteiger partial charge in [-0.25, -0.2) is 14.2 Å². The van der Waals surface area contributed by atoms with Crippen LogP contribution in [0.4, 0.5) is 15.1 Å². The molecule has 42 heavy (non-hydrogen) atoms. The van der Waals surface area contributed by atoms with Crippen molar-refractivity contribution in [2.75, 3.05) is 31.5 Å². The number of aromatic amines is 1. The van der Waals surface area contributed by atoms with Crippen molar-refractivity contribution in [1.82, 2.24) is 20.3 Å². The largest absolute Gasteiger partial charge is 0.445 e. The minimum absolute atomic E-state index is 0.117. The number of pyridine rings is 1. The summed E-state index contributed by atoms with van der Waals surface area (Å²) in [6, 6.07) is 19.1. The van der Waals surface area contributed by atoms with Gasteiger partial charge in [-0.1, -0.05) is 30.3 Å². The number of ether oxygens (including phenoxy) is 3. The molecule has 0 spiro atoms. The van der Waals surface area contributed by atoms with Gasteiger partial charge in [0.1, 0.15) is 19.2 Å². The fourth-order valence-electron chi connectivity index (χ4n) is 4.75. The predicted octanol–water partition coefficient (Wildman–Crippen LogP) is 5.08. The minimum Gasteiger partial charge on any atom is -0.445 e. The van der Waals surface area contributed by atoms with Crippen molar-refractivity contribution >= 4 is 17.9 Å². The van der Waals surface area contributed by atoms with E-state index < -0.39 is 11.6 Å². The highest BCUT2D eigenvalue weighted by Gasteiger charge is 2.41. The summed E-state index contributed by atoms with van der Waals surface area (Å²) in [6.45, 7) is 2.88. The van der Waals surface area contributed by atoms with Gasteiger partial charge in [0, 0.05) is 36.5 Å². The Balaban J connectivity index is 1.34. The van der Waals surface area contributed by atoms with Gasteiger partial charge in [-0.15, -0.1) is 0 Å². The summed E-state index contributed by atoms with van der Waals surface area (Å²) in [5.74, 6) is -0.289. The zero-order valence-corrected chi connectivity index (χ0v) is 23.2. The van der Waals surface area contributed by atoms with E-state index in [2.05, 4.69) is 15.3 Å². The van der Waals surface area contributed by atoms with Crippen LogP contribution in [0.2, 0.25) is 0 Å². The van der Waals surface area contributed by atoms with E-state index in [1.807, 2.05) is 49.4 Å². The zero-order chi connectivity index (χ0) is 29.4. The number of benzene rings is 2. The molecule has 1 fully saturated rings. The zero-order valence-electron chi connectivity index (χ0n) is 23.2. The van der Waals surface area contributed by atoms with Crippen LogP contribution in [0.3, 0.4) is 0 Å².